The van der Waals surface area contributed by atoms with Crippen LogP contribution in [0.15, 0.2) is 18.2 Å². The molecule has 0 aliphatic rings. The molecule has 0 amide bonds. The van der Waals surface area contributed by atoms with Crippen LogP contribution >= 0.6 is 11.6 Å². The van der Waals surface area contributed by atoms with E-state index in [4.69, 9.17) is 21.6 Å². The molecule has 1 rings (SSSR count). The van der Waals surface area contributed by atoms with Crippen molar-refractivity contribution in [2.45, 2.75) is 26.1 Å². The van der Waals surface area contributed by atoms with Crippen LogP contribution in [-0.4, -0.2) is 11.2 Å². The molecule has 4 heteroatoms. The monoisotopic (exact) mass is 225 g/mol. The summed E-state index contributed by atoms with van der Waals surface area (Å²) < 4.78 is 5.33. The van der Waals surface area contributed by atoms with Crippen molar-refractivity contribution in [1.29, 1.82) is 5.26 Å². The van der Waals surface area contributed by atoms with Gasteiger partial charge in [-0.05, 0) is 32.0 Å². The molecule has 2 atom stereocenters. The number of hydrogen-bond donors (Lipinski definition) is 1. The van der Waals surface area contributed by atoms with E-state index >= 15 is 0 Å². The van der Waals surface area contributed by atoms with Gasteiger partial charge >= 0.3 is 0 Å². The zero-order chi connectivity index (χ0) is 11.4. The maximum atomic E-state index is 9.49. The Hall–Kier alpha value is -1.24. The third kappa shape index (κ3) is 3.12. The molecule has 0 heterocycles. The number of hydrogen-bond acceptors (Lipinski definition) is 3. The number of aliphatic hydroxyl groups is 1. The fourth-order valence-electron chi connectivity index (χ4n) is 1.17. The molecule has 0 aromatic heterocycles. The van der Waals surface area contributed by atoms with Crippen LogP contribution in [0.1, 0.15) is 25.5 Å². The highest BCUT2D eigenvalue weighted by Crippen LogP contribution is 2.28. The van der Waals surface area contributed by atoms with Gasteiger partial charge in [-0.25, -0.2) is 0 Å². The summed E-state index contributed by atoms with van der Waals surface area (Å²) >= 11 is 5.80. The number of benzene rings is 1. The van der Waals surface area contributed by atoms with Gasteiger partial charge in [0, 0.05) is 10.6 Å². The second-order valence-electron chi connectivity index (χ2n) is 3.25. The standard InChI is InChI=1S/C11H12ClNO2/c1-7(6-13)15-11-4-3-9(12)5-10(11)8(2)14/h3-5,7-8,14H,1-2H3/t7?,8-/m0/s1. The van der Waals surface area contributed by atoms with Crippen molar-refractivity contribution in [2.24, 2.45) is 0 Å². The first-order valence-electron chi connectivity index (χ1n) is 4.58. The van der Waals surface area contributed by atoms with Gasteiger partial charge in [-0.1, -0.05) is 11.6 Å². The predicted molar refractivity (Wildman–Crippen MR) is 57.8 cm³/mol. The van der Waals surface area contributed by atoms with Crippen LogP contribution < -0.4 is 4.74 Å². The molecule has 0 bridgehead atoms. The van der Waals surface area contributed by atoms with E-state index in [-0.39, 0.29) is 0 Å². The van der Waals surface area contributed by atoms with E-state index in [0.717, 1.165) is 0 Å². The summed E-state index contributed by atoms with van der Waals surface area (Å²) in [6, 6.07) is 6.90. The van der Waals surface area contributed by atoms with Gasteiger partial charge in [-0.3, -0.25) is 0 Å². The summed E-state index contributed by atoms with van der Waals surface area (Å²) in [6.45, 7) is 3.26. The van der Waals surface area contributed by atoms with Crippen LogP contribution in [0.25, 0.3) is 0 Å². The quantitative estimate of drug-likeness (QED) is 0.861. The van der Waals surface area contributed by atoms with E-state index in [1.807, 2.05) is 6.07 Å². The Labute approximate surface area is 93.9 Å². The van der Waals surface area contributed by atoms with Crippen LogP contribution in [0.3, 0.4) is 0 Å². The van der Waals surface area contributed by atoms with Crippen molar-refractivity contribution in [3.8, 4) is 11.8 Å². The highest BCUT2D eigenvalue weighted by molar-refractivity contribution is 6.30. The smallest absolute Gasteiger partial charge is 0.181 e. The van der Waals surface area contributed by atoms with Crippen LogP contribution in [0.5, 0.6) is 5.75 Å². The molecule has 15 heavy (non-hydrogen) atoms. The van der Waals surface area contributed by atoms with Crippen molar-refractivity contribution < 1.29 is 9.84 Å². The maximum absolute atomic E-state index is 9.49. The normalized spacial score (nSPS) is 14.1. The molecule has 0 radical (unpaired) electrons. The lowest BCUT2D eigenvalue weighted by Crippen LogP contribution is -2.10. The molecule has 1 unspecified atom stereocenters. The first-order chi connectivity index (χ1) is 7.04. The SMILES string of the molecule is CC(C#N)Oc1ccc(Cl)cc1[C@H](C)O. The van der Waals surface area contributed by atoms with Crippen molar-refractivity contribution in [3.63, 3.8) is 0 Å². The van der Waals surface area contributed by atoms with E-state index in [0.29, 0.717) is 16.3 Å². The summed E-state index contributed by atoms with van der Waals surface area (Å²) in [6.07, 6.45) is -1.23. The average Bonchev–Trinajstić information content (AvgIpc) is 2.20. The van der Waals surface area contributed by atoms with Gasteiger partial charge in [0.05, 0.1) is 6.10 Å². The Balaban J connectivity index is 3.02. The molecule has 0 aliphatic heterocycles. The highest BCUT2D eigenvalue weighted by Gasteiger charge is 2.12. The molecule has 0 saturated heterocycles. The number of halogens is 1. The summed E-state index contributed by atoms with van der Waals surface area (Å²) in [5.74, 6) is 0.489. The lowest BCUT2D eigenvalue weighted by molar-refractivity contribution is 0.188. The second kappa shape index (κ2) is 5.01. The zero-order valence-corrected chi connectivity index (χ0v) is 9.32. The molecule has 0 saturated carbocycles. The second-order valence-corrected chi connectivity index (χ2v) is 3.68. The van der Waals surface area contributed by atoms with Crippen LogP contribution in [0, 0.1) is 11.3 Å². The Kier molecular flexibility index (Phi) is 3.96. The van der Waals surface area contributed by atoms with E-state index in [2.05, 4.69) is 0 Å². The third-order valence-electron chi connectivity index (χ3n) is 1.91. The largest absolute Gasteiger partial charge is 0.475 e. The summed E-state index contributed by atoms with van der Waals surface area (Å²) in [5, 5.41) is 18.6. The van der Waals surface area contributed by atoms with Gasteiger partial charge < -0.3 is 9.84 Å². The van der Waals surface area contributed by atoms with Gasteiger partial charge in [0.25, 0.3) is 0 Å². The minimum Gasteiger partial charge on any atom is -0.475 e. The molecule has 3 nitrogen and oxygen atoms in total. The first kappa shape index (κ1) is 11.8. The molecule has 0 spiro atoms. The van der Waals surface area contributed by atoms with Gasteiger partial charge in [0.15, 0.2) is 6.10 Å². The summed E-state index contributed by atoms with van der Waals surface area (Å²) in [5.41, 5.74) is 0.588. The van der Waals surface area contributed by atoms with E-state index < -0.39 is 12.2 Å². The molecule has 0 fully saturated rings. The lowest BCUT2D eigenvalue weighted by Gasteiger charge is -2.14. The van der Waals surface area contributed by atoms with Gasteiger partial charge in [-0.15, -0.1) is 0 Å². The molecular formula is C11H12ClNO2. The van der Waals surface area contributed by atoms with E-state index in [9.17, 15) is 5.11 Å². The fourth-order valence-corrected chi connectivity index (χ4v) is 1.35. The number of nitriles is 1. The minimum absolute atomic E-state index is 0.489. The van der Waals surface area contributed by atoms with Crippen LogP contribution in [0.4, 0.5) is 0 Å². The van der Waals surface area contributed by atoms with Gasteiger partial charge in [0.1, 0.15) is 11.8 Å². The topological polar surface area (TPSA) is 53.2 Å². The van der Waals surface area contributed by atoms with Crippen molar-refractivity contribution in [3.05, 3.63) is 28.8 Å². The molecule has 1 aromatic rings. The Bertz CT molecular complexity index is 385. The van der Waals surface area contributed by atoms with Crippen LogP contribution in [-0.2, 0) is 0 Å². The van der Waals surface area contributed by atoms with E-state index in [1.165, 1.54) is 0 Å². The molecular weight excluding hydrogens is 214 g/mol. The lowest BCUT2D eigenvalue weighted by atomic mass is 10.1. The maximum Gasteiger partial charge on any atom is 0.181 e. The number of nitrogens with zero attached hydrogens (tertiary/aromatic N) is 1. The van der Waals surface area contributed by atoms with Crippen LogP contribution in [0.2, 0.25) is 5.02 Å². The molecule has 0 aliphatic carbocycles. The Morgan fingerprint density at radius 2 is 2.13 bits per heavy atom. The molecule has 80 valence electrons. The molecule has 1 N–H and O–H groups in total. The minimum atomic E-state index is -0.676. The van der Waals surface area contributed by atoms with Crippen molar-refractivity contribution in [2.75, 3.05) is 0 Å². The summed E-state index contributed by atoms with van der Waals surface area (Å²) in [7, 11) is 0. The van der Waals surface area contributed by atoms with E-state index in [1.54, 1.807) is 32.0 Å². The first-order valence-corrected chi connectivity index (χ1v) is 4.96. The zero-order valence-electron chi connectivity index (χ0n) is 8.57. The van der Waals surface area contributed by atoms with Crippen molar-refractivity contribution in [1.82, 2.24) is 0 Å². The van der Waals surface area contributed by atoms with Gasteiger partial charge in [-0.2, -0.15) is 5.26 Å². The van der Waals surface area contributed by atoms with Gasteiger partial charge in [0.2, 0.25) is 0 Å². The number of ether oxygens (including phenoxy) is 1. The predicted octanol–water partition coefficient (Wildman–Crippen LogP) is 2.68. The molecule has 1 aromatic carbocycles. The number of rotatable bonds is 3. The van der Waals surface area contributed by atoms with Crippen molar-refractivity contribution >= 4 is 11.6 Å². The Morgan fingerprint density at radius 3 is 2.67 bits per heavy atom. The summed E-state index contributed by atoms with van der Waals surface area (Å²) in [4.78, 5) is 0. The average molecular weight is 226 g/mol. The highest BCUT2D eigenvalue weighted by atomic mass is 35.5. The number of aliphatic hydroxyl groups excluding tert-OH is 1. The fraction of sp³-hybridized carbons (Fsp3) is 0.364. The Morgan fingerprint density at radius 1 is 1.47 bits per heavy atom. The third-order valence-corrected chi connectivity index (χ3v) is 2.14.